The molecule has 1 aromatic carbocycles. The minimum Gasteiger partial charge on any atom is -0.484 e. The van der Waals surface area contributed by atoms with Crippen LogP contribution in [0.4, 0.5) is 13.2 Å². The van der Waals surface area contributed by atoms with Crippen LogP contribution in [-0.4, -0.2) is 24.6 Å². The molecule has 0 amide bonds. The van der Waals surface area contributed by atoms with Crippen LogP contribution >= 0.6 is 22.9 Å². The fraction of sp³-hybridized carbons (Fsp3) is 0.130. The van der Waals surface area contributed by atoms with Gasteiger partial charge in [-0.2, -0.15) is 13.2 Å². The van der Waals surface area contributed by atoms with E-state index < -0.39 is 11.9 Å². The molecule has 0 atom stereocenters. The van der Waals surface area contributed by atoms with Gasteiger partial charge in [0.15, 0.2) is 11.4 Å². The standard InChI is InChI=1S/C23H13ClF3N5O2S/c1-11-8-16(23(25,26)27)29-22-17(11)18-19(35-22)21-30-20(31-32(21)10-28-18)15-7-6-12(34-15)9-33-14-5-3-2-4-13(14)24/h2-8,10H,9H2,1H3. The van der Waals surface area contributed by atoms with E-state index in [1.54, 1.807) is 31.2 Å². The predicted molar refractivity (Wildman–Crippen MR) is 125 cm³/mol. The van der Waals surface area contributed by atoms with Gasteiger partial charge in [0.25, 0.3) is 0 Å². The molecule has 0 bridgehead atoms. The number of para-hydroxylation sites is 1. The van der Waals surface area contributed by atoms with Crippen molar-refractivity contribution in [2.24, 2.45) is 0 Å². The van der Waals surface area contributed by atoms with Crippen LogP contribution in [0, 0.1) is 6.92 Å². The monoisotopic (exact) mass is 515 g/mol. The minimum absolute atomic E-state index is 0.158. The lowest BCUT2D eigenvalue weighted by molar-refractivity contribution is -0.141. The molecule has 176 valence electrons. The molecule has 0 radical (unpaired) electrons. The third-order valence-electron chi connectivity index (χ3n) is 5.34. The highest BCUT2D eigenvalue weighted by Gasteiger charge is 2.33. The highest BCUT2D eigenvalue weighted by atomic mass is 35.5. The Kier molecular flexibility index (Phi) is 4.94. The van der Waals surface area contributed by atoms with E-state index in [0.29, 0.717) is 54.9 Å². The Hall–Kier alpha value is -3.70. The number of nitrogens with zero attached hydrogens (tertiary/aromatic N) is 5. The zero-order valence-corrected chi connectivity index (χ0v) is 19.4. The topological polar surface area (TPSA) is 78.3 Å². The van der Waals surface area contributed by atoms with Gasteiger partial charge in [-0.1, -0.05) is 23.7 Å². The van der Waals surface area contributed by atoms with Crippen molar-refractivity contribution >= 4 is 49.0 Å². The molecule has 0 aliphatic rings. The third-order valence-corrected chi connectivity index (χ3v) is 6.72. The van der Waals surface area contributed by atoms with Gasteiger partial charge in [-0.05, 0) is 42.8 Å². The second-order valence-electron chi connectivity index (χ2n) is 7.72. The van der Waals surface area contributed by atoms with E-state index in [9.17, 15) is 13.2 Å². The molecule has 0 aliphatic heterocycles. The van der Waals surface area contributed by atoms with Crippen molar-refractivity contribution in [1.82, 2.24) is 24.6 Å². The summed E-state index contributed by atoms with van der Waals surface area (Å²) < 4.78 is 53.3. The molecule has 5 aromatic heterocycles. The quantitative estimate of drug-likeness (QED) is 0.260. The van der Waals surface area contributed by atoms with Crippen LogP contribution in [0.1, 0.15) is 17.0 Å². The Labute approximate surface area is 203 Å². The number of thiophene rings is 1. The van der Waals surface area contributed by atoms with Gasteiger partial charge in [-0.15, -0.1) is 16.4 Å². The van der Waals surface area contributed by atoms with Crippen molar-refractivity contribution in [2.45, 2.75) is 19.7 Å². The number of furan rings is 1. The number of benzene rings is 1. The Morgan fingerprint density at radius 2 is 1.97 bits per heavy atom. The zero-order chi connectivity index (χ0) is 24.3. The number of alkyl halides is 3. The van der Waals surface area contributed by atoms with Gasteiger partial charge < -0.3 is 9.15 Å². The Bertz CT molecular complexity index is 1740. The molecule has 5 heterocycles. The van der Waals surface area contributed by atoms with Gasteiger partial charge in [-0.3, -0.25) is 0 Å². The van der Waals surface area contributed by atoms with Crippen molar-refractivity contribution in [3.63, 3.8) is 0 Å². The van der Waals surface area contributed by atoms with Crippen LogP contribution in [0.2, 0.25) is 5.02 Å². The van der Waals surface area contributed by atoms with E-state index in [-0.39, 0.29) is 11.4 Å². The maximum Gasteiger partial charge on any atom is 0.433 e. The number of aryl methyl sites for hydroxylation is 1. The van der Waals surface area contributed by atoms with Crippen molar-refractivity contribution in [3.05, 3.63) is 70.8 Å². The summed E-state index contributed by atoms with van der Waals surface area (Å²) in [5.41, 5.74) is 0.489. The molecule has 0 aliphatic carbocycles. The highest BCUT2D eigenvalue weighted by molar-refractivity contribution is 7.26. The number of pyridine rings is 1. The fourth-order valence-corrected chi connectivity index (χ4v) is 5.11. The molecule has 35 heavy (non-hydrogen) atoms. The van der Waals surface area contributed by atoms with Crippen LogP contribution in [0.3, 0.4) is 0 Å². The first-order valence-corrected chi connectivity index (χ1v) is 11.5. The molecule has 0 unspecified atom stereocenters. The van der Waals surface area contributed by atoms with Crippen LogP contribution in [0.5, 0.6) is 5.75 Å². The molecule has 0 saturated carbocycles. The summed E-state index contributed by atoms with van der Waals surface area (Å²) in [6.45, 7) is 1.77. The van der Waals surface area contributed by atoms with Gasteiger partial charge in [0.05, 0.1) is 10.5 Å². The Balaban J connectivity index is 1.37. The SMILES string of the molecule is Cc1cc(C(F)(F)F)nc2sc3c(ncn4nc(-c5ccc(COc6ccccc6Cl)o5)nc34)c12. The Morgan fingerprint density at radius 3 is 2.77 bits per heavy atom. The second kappa shape index (κ2) is 7.92. The minimum atomic E-state index is -4.54. The van der Waals surface area contributed by atoms with Crippen LogP contribution in [0.15, 0.2) is 53.2 Å². The van der Waals surface area contributed by atoms with Gasteiger partial charge in [-0.25, -0.2) is 19.5 Å². The van der Waals surface area contributed by atoms with Crippen LogP contribution in [-0.2, 0) is 12.8 Å². The molecule has 12 heteroatoms. The maximum atomic E-state index is 13.2. The van der Waals surface area contributed by atoms with Gasteiger partial charge in [0, 0.05) is 5.39 Å². The third kappa shape index (κ3) is 3.76. The van der Waals surface area contributed by atoms with E-state index in [0.717, 1.165) is 17.4 Å². The van der Waals surface area contributed by atoms with Crippen LogP contribution < -0.4 is 4.74 Å². The molecule has 6 rings (SSSR count). The molecule has 7 nitrogen and oxygen atoms in total. The number of hydrogen-bond donors (Lipinski definition) is 0. The average Bonchev–Trinajstić information content (AvgIpc) is 3.53. The lowest BCUT2D eigenvalue weighted by atomic mass is 10.1. The van der Waals surface area contributed by atoms with Gasteiger partial charge in [0.1, 0.15) is 39.7 Å². The smallest absolute Gasteiger partial charge is 0.433 e. The second-order valence-corrected chi connectivity index (χ2v) is 9.12. The normalized spacial score (nSPS) is 12.3. The van der Waals surface area contributed by atoms with Crippen molar-refractivity contribution in [2.75, 3.05) is 0 Å². The zero-order valence-electron chi connectivity index (χ0n) is 17.8. The van der Waals surface area contributed by atoms with Crippen molar-refractivity contribution < 1.29 is 22.3 Å². The first-order valence-electron chi connectivity index (χ1n) is 10.3. The summed E-state index contributed by atoms with van der Waals surface area (Å²) >= 11 is 7.21. The summed E-state index contributed by atoms with van der Waals surface area (Å²) in [4.78, 5) is 13.1. The summed E-state index contributed by atoms with van der Waals surface area (Å²) in [6, 6.07) is 11.6. The van der Waals surface area contributed by atoms with Gasteiger partial charge in [0.2, 0.25) is 5.82 Å². The van der Waals surface area contributed by atoms with Crippen molar-refractivity contribution in [3.8, 4) is 17.3 Å². The summed E-state index contributed by atoms with van der Waals surface area (Å²) in [6.07, 6.45) is -3.06. The van der Waals surface area contributed by atoms with Crippen LogP contribution in [0.25, 0.3) is 37.7 Å². The molecule has 0 saturated heterocycles. The molecular formula is C23H13ClF3N5O2S. The number of fused-ring (bicyclic) bond motifs is 5. The first kappa shape index (κ1) is 21.8. The molecule has 0 fully saturated rings. The largest absolute Gasteiger partial charge is 0.484 e. The van der Waals surface area contributed by atoms with E-state index in [4.69, 9.17) is 20.8 Å². The van der Waals surface area contributed by atoms with E-state index in [1.165, 1.54) is 10.8 Å². The summed E-state index contributed by atoms with van der Waals surface area (Å²) in [7, 11) is 0. The maximum absolute atomic E-state index is 13.2. The predicted octanol–water partition coefficient (Wildman–Crippen LogP) is 6.71. The number of rotatable bonds is 4. The molecular weight excluding hydrogens is 503 g/mol. The lowest BCUT2D eigenvalue weighted by Crippen LogP contribution is -2.07. The molecule has 6 aromatic rings. The number of aromatic nitrogens is 5. The molecule has 0 N–H and O–H groups in total. The lowest BCUT2D eigenvalue weighted by Gasteiger charge is -2.06. The number of hydrogen-bond acceptors (Lipinski definition) is 7. The number of ether oxygens (including phenoxy) is 1. The van der Waals surface area contributed by atoms with E-state index >= 15 is 0 Å². The van der Waals surface area contributed by atoms with Gasteiger partial charge >= 0.3 is 6.18 Å². The Morgan fingerprint density at radius 1 is 1.14 bits per heavy atom. The fourth-order valence-electron chi connectivity index (χ4n) is 3.75. The highest BCUT2D eigenvalue weighted by Crippen LogP contribution is 2.38. The first-order chi connectivity index (χ1) is 16.8. The average molecular weight is 516 g/mol. The summed E-state index contributed by atoms with van der Waals surface area (Å²) in [5, 5.41) is 5.49. The molecule has 0 spiro atoms. The van der Waals surface area contributed by atoms with E-state index in [1.807, 2.05) is 12.1 Å². The summed E-state index contributed by atoms with van der Waals surface area (Å²) in [5.74, 6) is 1.80. The van der Waals surface area contributed by atoms with Crippen molar-refractivity contribution in [1.29, 1.82) is 0 Å². The van der Waals surface area contributed by atoms with E-state index in [2.05, 4.69) is 20.1 Å². The number of halogens is 4.